The number of Topliss-reactive ketones (excluding diaryl/α,β-unsaturated/α-hetero) is 1. The molecule has 2 amide bonds. The van der Waals surface area contributed by atoms with E-state index in [9.17, 15) is 27.6 Å². The van der Waals surface area contributed by atoms with Gasteiger partial charge in [-0.15, -0.1) is 0 Å². The van der Waals surface area contributed by atoms with Gasteiger partial charge >= 0.3 is 6.18 Å². The molecule has 0 bridgehead atoms. The van der Waals surface area contributed by atoms with Crippen LogP contribution in [0.25, 0.3) is 0 Å². The summed E-state index contributed by atoms with van der Waals surface area (Å²) in [6.45, 7) is -0.496. The van der Waals surface area contributed by atoms with Crippen molar-refractivity contribution < 1.29 is 27.6 Å². The molecule has 0 atom stereocenters. The SMILES string of the molecule is O=C1CN(C(=O)c2cnccc2C(F)(F)F)C1=O. The second kappa shape index (κ2) is 3.90. The highest BCUT2D eigenvalue weighted by molar-refractivity contribution is 6.46. The Balaban J connectivity index is 2.37. The van der Waals surface area contributed by atoms with Crippen molar-refractivity contribution in [2.24, 2.45) is 0 Å². The van der Waals surface area contributed by atoms with Gasteiger partial charge in [0.1, 0.15) is 0 Å². The highest BCUT2D eigenvalue weighted by Gasteiger charge is 2.43. The van der Waals surface area contributed by atoms with Crippen LogP contribution < -0.4 is 0 Å². The molecule has 0 aromatic carbocycles. The number of nitrogens with zero attached hydrogens (tertiary/aromatic N) is 2. The summed E-state index contributed by atoms with van der Waals surface area (Å²) < 4.78 is 37.9. The van der Waals surface area contributed by atoms with Crippen molar-refractivity contribution in [3.05, 3.63) is 29.6 Å². The van der Waals surface area contributed by atoms with Crippen LogP contribution in [0.3, 0.4) is 0 Å². The molecule has 0 aliphatic carbocycles. The van der Waals surface area contributed by atoms with E-state index >= 15 is 0 Å². The molecule has 1 aliphatic heterocycles. The van der Waals surface area contributed by atoms with E-state index in [1.54, 1.807) is 0 Å². The molecule has 2 heterocycles. The van der Waals surface area contributed by atoms with Gasteiger partial charge in [-0.3, -0.25) is 24.3 Å². The minimum absolute atomic E-state index is 0.453. The van der Waals surface area contributed by atoms with Crippen molar-refractivity contribution in [2.45, 2.75) is 6.18 Å². The molecule has 2 rings (SSSR count). The summed E-state index contributed by atoms with van der Waals surface area (Å²) in [5.41, 5.74) is -1.93. The first-order valence-electron chi connectivity index (χ1n) is 4.72. The first-order valence-corrected chi connectivity index (χ1v) is 4.72. The normalized spacial score (nSPS) is 15.6. The zero-order chi connectivity index (χ0) is 13.5. The number of carbonyl (C=O) groups is 3. The smallest absolute Gasteiger partial charge is 0.287 e. The third-order valence-corrected chi connectivity index (χ3v) is 2.39. The topological polar surface area (TPSA) is 67.3 Å². The van der Waals surface area contributed by atoms with Gasteiger partial charge in [-0.1, -0.05) is 0 Å². The van der Waals surface area contributed by atoms with Gasteiger partial charge in [0.2, 0.25) is 5.78 Å². The fraction of sp³-hybridized carbons (Fsp3) is 0.200. The Labute approximate surface area is 98.2 Å². The van der Waals surface area contributed by atoms with Gasteiger partial charge in [0, 0.05) is 12.4 Å². The van der Waals surface area contributed by atoms with E-state index in [1.165, 1.54) is 0 Å². The summed E-state index contributed by atoms with van der Waals surface area (Å²) in [5, 5.41) is 0. The van der Waals surface area contributed by atoms with E-state index in [0.717, 1.165) is 12.4 Å². The molecule has 0 unspecified atom stereocenters. The van der Waals surface area contributed by atoms with E-state index in [-0.39, 0.29) is 0 Å². The summed E-state index contributed by atoms with van der Waals surface area (Å²) in [5.74, 6) is -3.07. The van der Waals surface area contributed by atoms with Gasteiger partial charge in [0.05, 0.1) is 17.7 Å². The van der Waals surface area contributed by atoms with Crippen molar-refractivity contribution in [2.75, 3.05) is 6.54 Å². The number of pyridine rings is 1. The molecule has 0 N–H and O–H groups in total. The summed E-state index contributed by atoms with van der Waals surface area (Å²) in [6.07, 6.45) is -3.12. The molecule has 8 heteroatoms. The third kappa shape index (κ3) is 1.85. The zero-order valence-electron chi connectivity index (χ0n) is 8.69. The summed E-state index contributed by atoms with van der Waals surface area (Å²) in [7, 11) is 0. The van der Waals surface area contributed by atoms with Gasteiger partial charge in [0.25, 0.3) is 11.8 Å². The number of halogens is 3. The first-order chi connectivity index (χ1) is 8.32. The Morgan fingerprint density at radius 3 is 2.50 bits per heavy atom. The van der Waals surface area contributed by atoms with E-state index in [0.29, 0.717) is 11.0 Å². The number of imide groups is 1. The summed E-state index contributed by atoms with van der Waals surface area (Å²) in [4.78, 5) is 37.2. The predicted octanol–water partition coefficient (Wildman–Crippen LogP) is 0.652. The number of alkyl halides is 3. The summed E-state index contributed by atoms with van der Waals surface area (Å²) >= 11 is 0. The number of hydrogen-bond donors (Lipinski definition) is 0. The predicted molar refractivity (Wildman–Crippen MR) is 50.3 cm³/mol. The van der Waals surface area contributed by atoms with Crippen LogP contribution in [0.2, 0.25) is 0 Å². The van der Waals surface area contributed by atoms with Gasteiger partial charge < -0.3 is 0 Å². The van der Waals surface area contributed by atoms with Gasteiger partial charge in [-0.25, -0.2) is 0 Å². The second-order valence-electron chi connectivity index (χ2n) is 3.54. The Morgan fingerprint density at radius 1 is 1.33 bits per heavy atom. The molecule has 1 aromatic heterocycles. The number of ketones is 1. The maximum Gasteiger partial charge on any atom is 0.417 e. The Hall–Kier alpha value is -2.25. The number of likely N-dealkylation sites (tertiary alicyclic amines) is 1. The van der Waals surface area contributed by atoms with Crippen LogP contribution in [-0.2, 0) is 15.8 Å². The Morgan fingerprint density at radius 2 is 2.00 bits per heavy atom. The molecule has 0 spiro atoms. The highest BCUT2D eigenvalue weighted by Crippen LogP contribution is 2.32. The quantitative estimate of drug-likeness (QED) is 0.421. The third-order valence-electron chi connectivity index (χ3n) is 2.39. The number of rotatable bonds is 1. The van der Waals surface area contributed by atoms with E-state index < -0.39 is 41.4 Å². The molecule has 1 fully saturated rings. The van der Waals surface area contributed by atoms with Crippen LogP contribution in [0.4, 0.5) is 13.2 Å². The molecule has 94 valence electrons. The van der Waals surface area contributed by atoms with E-state index in [4.69, 9.17) is 0 Å². The molecule has 1 aliphatic rings. The molecule has 1 saturated heterocycles. The van der Waals surface area contributed by atoms with Gasteiger partial charge in [-0.2, -0.15) is 13.2 Å². The maximum atomic E-state index is 12.6. The van der Waals surface area contributed by atoms with Crippen LogP contribution in [0, 0.1) is 0 Å². The number of carbonyl (C=O) groups excluding carboxylic acids is 3. The average Bonchev–Trinajstić information content (AvgIpc) is 2.33. The summed E-state index contributed by atoms with van der Waals surface area (Å²) in [6, 6.07) is 0.638. The standard InChI is InChI=1S/C10H5F3N2O3/c11-10(12,13)6-1-2-14-3-5(6)8(17)15-4-7(16)9(15)18/h1-3H,4H2. The molecule has 1 aromatic rings. The molecular weight excluding hydrogens is 253 g/mol. The van der Waals surface area contributed by atoms with Crippen LogP contribution >= 0.6 is 0 Å². The zero-order valence-corrected chi connectivity index (χ0v) is 8.69. The number of aromatic nitrogens is 1. The Bertz CT molecular complexity index is 554. The van der Waals surface area contributed by atoms with Crippen molar-refractivity contribution in [1.82, 2.24) is 9.88 Å². The molecule has 18 heavy (non-hydrogen) atoms. The number of hydrogen-bond acceptors (Lipinski definition) is 4. The number of amides is 2. The lowest BCUT2D eigenvalue weighted by atomic mass is 10.1. The lowest BCUT2D eigenvalue weighted by molar-refractivity contribution is -0.152. The van der Waals surface area contributed by atoms with Gasteiger partial charge in [-0.05, 0) is 6.07 Å². The fourth-order valence-electron chi connectivity index (χ4n) is 1.46. The van der Waals surface area contributed by atoms with Crippen LogP contribution in [0.15, 0.2) is 18.5 Å². The minimum atomic E-state index is -4.73. The van der Waals surface area contributed by atoms with Crippen molar-refractivity contribution >= 4 is 17.6 Å². The highest BCUT2D eigenvalue weighted by atomic mass is 19.4. The second-order valence-corrected chi connectivity index (χ2v) is 3.54. The molecule has 0 radical (unpaired) electrons. The van der Waals surface area contributed by atoms with Crippen molar-refractivity contribution in [3.8, 4) is 0 Å². The largest absolute Gasteiger partial charge is 0.417 e. The molecular formula is C10H5F3N2O3. The van der Waals surface area contributed by atoms with E-state index in [1.807, 2.05) is 0 Å². The monoisotopic (exact) mass is 258 g/mol. The van der Waals surface area contributed by atoms with Crippen molar-refractivity contribution in [1.29, 1.82) is 0 Å². The fourth-order valence-corrected chi connectivity index (χ4v) is 1.46. The molecule has 5 nitrogen and oxygen atoms in total. The average molecular weight is 258 g/mol. The Kier molecular flexibility index (Phi) is 2.64. The maximum absolute atomic E-state index is 12.6. The molecule has 0 saturated carbocycles. The van der Waals surface area contributed by atoms with Gasteiger partial charge in [0.15, 0.2) is 0 Å². The first kappa shape index (κ1) is 12.2. The lowest BCUT2D eigenvalue weighted by Crippen LogP contribution is -2.56. The lowest BCUT2D eigenvalue weighted by Gasteiger charge is -2.27. The number of β-lactam (4-membered cyclic amide) rings is 1. The van der Waals surface area contributed by atoms with E-state index in [2.05, 4.69) is 4.98 Å². The minimum Gasteiger partial charge on any atom is -0.287 e. The van der Waals surface area contributed by atoms with Crippen LogP contribution in [0.5, 0.6) is 0 Å². The van der Waals surface area contributed by atoms with Crippen LogP contribution in [-0.4, -0.2) is 34.0 Å². The van der Waals surface area contributed by atoms with Crippen molar-refractivity contribution in [3.63, 3.8) is 0 Å². The van der Waals surface area contributed by atoms with Crippen LogP contribution in [0.1, 0.15) is 15.9 Å².